The van der Waals surface area contributed by atoms with Gasteiger partial charge >= 0.3 is 0 Å². The number of hydrogen-bond donors (Lipinski definition) is 2. The van der Waals surface area contributed by atoms with Crippen LogP contribution in [0.25, 0.3) is 0 Å². The summed E-state index contributed by atoms with van der Waals surface area (Å²) in [7, 11) is 0. The molecule has 0 saturated carbocycles. The van der Waals surface area contributed by atoms with Crippen LogP contribution < -0.4 is 10.6 Å². The molecule has 5 nitrogen and oxygen atoms in total. The third-order valence-electron chi connectivity index (χ3n) is 3.65. The molecule has 6 heteroatoms. The summed E-state index contributed by atoms with van der Waals surface area (Å²) in [6.45, 7) is 4.82. The van der Waals surface area contributed by atoms with Crippen molar-refractivity contribution in [1.29, 1.82) is 0 Å². The summed E-state index contributed by atoms with van der Waals surface area (Å²) in [5, 5.41) is 16.5. The van der Waals surface area contributed by atoms with Crippen LogP contribution in [0, 0.1) is 6.92 Å². The number of hydrogen-bond acceptors (Lipinski definition) is 5. The standard InChI is InChI=1S/C15H18N4OS/c1-9(16-8-15-19-18-10(2)21-15)11-3-5-13-12(7-11)4-6-14(20)17-13/h3,5,7,9,16H,4,6,8H2,1-2H3,(H,17,20)/t9-/m0/s1. The van der Waals surface area contributed by atoms with Crippen molar-refractivity contribution in [3.63, 3.8) is 0 Å². The molecule has 1 aliphatic rings. The maximum absolute atomic E-state index is 11.4. The Morgan fingerprint density at radius 2 is 2.24 bits per heavy atom. The van der Waals surface area contributed by atoms with Crippen LogP contribution >= 0.6 is 11.3 Å². The Bertz CT molecular complexity index is 667. The molecule has 0 unspecified atom stereocenters. The monoisotopic (exact) mass is 302 g/mol. The first-order chi connectivity index (χ1) is 10.1. The quantitative estimate of drug-likeness (QED) is 0.911. The molecule has 1 aromatic carbocycles. The zero-order chi connectivity index (χ0) is 14.8. The lowest BCUT2D eigenvalue weighted by atomic mass is 9.98. The number of benzene rings is 1. The molecule has 21 heavy (non-hydrogen) atoms. The number of rotatable bonds is 4. The van der Waals surface area contributed by atoms with Gasteiger partial charge in [0.15, 0.2) is 0 Å². The molecule has 2 aromatic rings. The Kier molecular flexibility index (Phi) is 3.98. The van der Waals surface area contributed by atoms with Crippen LogP contribution in [0.5, 0.6) is 0 Å². The van der Waals surface area contributed by atoms with Crippen molar-refractivity contribution in [2.45, 2.75) is 39.3 Å². The van der Waals surface area contributed by atoms with E-state index in [1.54, 1.807) is 11.3 Å². The lowest BCUT2D eigenvalue weighted by molar-refractivity contribution is -0.116. The van der Waals surface area contributed by atoms with Gasteiger partial charge in [0.1, 0.15) is 10.0 Å². The van der Waals surface area contributed by atoms with Gasteiger partial charge in [-0.1, -0.05) is 12.1 Å². The lowest BCUT2D eigenvalue weighted by Gasteiger charge is -2.20. The first-order valence-corrected chi connectivity index (χ1v) is 7.88. The summed E-state index contributed by atoms with van der Waals surface area (Å²) in [4.78, 5) is 11.4. The molecule has 2 heterocycles. The van der Waals surface area contributed by atoms with E-state index in [1.807, 2.05) is 13.0 Å². The van der Waals surface area contributed by atoms with Crippen molar-refractivity contribution in [2.24, 2.45) is 0 Å². The Hall–Kier alpha value is -1.79. The zero-order valence-corrected chi connectivity index (χ0v) is 13.0. The predicted octanol–water partition coefficient (Wildman–Crippen LogP) is 2.58. The highest BCUT2D eigenvalue weighted by Gasteiger charge is 2.16. The lowest BCUT2D eigenvalue weighted by Crippen LogP contribution is -2.21. The average Bonchev–Trinajstić information content (AvgIpc) is 2.90. The minimum absolute atomic E-state index is 0.105. The molecule has 3 rings (SSSR count). The molecular weight excluding hydrogens is 284 g/mol. The van der Waals surface area contributed by atoms with Crippen molar-refractivity contribution < 1.29 is 4.79 Å². The van der Waals surface area contributed by atoms with Gasteiger partial charge in [-0.3, -0.25) is 4.79 Å². The first kappa shape index (κ1) is 14.2. The van der Waals surface area contributed by atoms with Gasteiger partial charge < -0.3 is 10.6 Å². The minimum Gasteiger partial charge on any atom is -0.326 e. The van der Waals surface area contributed by atoms with Crippen LogP contribution in [-0.2, 0) is 17.8 Å². The summed E-state index contributed by atoms with van der Waals surface area (Å²) in [6, 6.07) is 6.47. The van der Waals surface area contributed by atoms with Gasteiger partial charge in [0, 0.05) is 18.2 Å². The van der Waals surface area contributed by atoms with Gasteiger partial charge in [-0.15, -0.1) is 21.5 Å². The molecule has 0 radical (unpaired) electrons. The van der Waals surface area contributed by atoms with Gasteiger partial charge in [-0.2, -0.15) is 0 Å². The smallest absolute Gasteiger partial charge is 0.224 e. The largest absolute Gasteiger partial charge is 0.326 e. The molecule has 0 aliphatic carbocycles. The highest BCUT2D eigenvalue weighted by Crippen LogP contribution is 2.26. The Balaban J connectivity index is 1.67. The van der Waals surface area contributed by atoms with Gasteiger partial charge in [0.2, 0.25) is 5.91 Å². The van der Waals surface area contributed by atoms with Crippen molar-refractivity contribution in [1.82, 2.24) is 15.5 Å². The number of fused-ring (bicyclic) bond motifs is 1. The number of amides is 1. The summed E-state index contributed by atoms with van der Waals surface area (Å²) in [6.07, 6.45) is 1.39. The second kappa shape index (κ2) is 5.91. The fraction of sp³-hybridized carbons (Fsp3) is 0.400. The third-order valence-corrected chi connectivity index (χ3v) is 4.49. The van der Waals surface area contributed by atoms with E-state index in [1.165, 1.54) is 11.1 Å². The first-order valence-electron chi connectivity index (χ1n) is 7.07. The average molecular weight is 302 g/mol. The van der Waals surface area contributed by atoms with Crippen molar-refractivity contribution in [2.75, 3.05) is 5.32 Å². The Morgan fingerprint density at radius 3 is 3.00 bits per heavy atom. The maximum atomic E-state index is 11.4. The SMILES string of the molecule is Cc1nnc(CN[C@@H](C)c2ccc3c(c2)CCC(=O)N3)s1. The number of carbonyl (C=O) groups is 1. The molecule has 1 amide bonds. The molecule has 2 N–H and O–H groups in total. The normalized spacial score (nSPS) is 15.4. The highest BCUT2D eigenvalue weighted by atomic mass is 32.1. The Morgan fingerprint density at radius 1 is 1.38 bits per heavy atom. The number of nitrogens with one attached hydrogen (secondary N) is 2. The van der Waals surface area contributed by atoms with Crippen LogP contribution in [0.4, 0.5) is 5.69 Å². The number of nitrogens with zero attached hydrogens (tertiary/aromatic N) is 2. The number of anilines is 1. The number of carbonyl (C=O) groups excluding carboxylic acids is 1. The third kappa shape index (κ3) is 3.28. The summed E-state index contributed by atoms with van der Waals surface area (Å²) in [5.74, 6) is 0.105. The van der Waals surface area contributed by atoms with E-state index in [0.29, 0.717) is 6.42 Å². The molecule has 1 aromatic heterocycles. The fourth-order valence-electron chi connectivity index (χ4n) is 2.44. The van der Waals surface area contributed by atoms with E-state index in [4.69, 9.17) is 0 Å². The summed E-state index contributed by atoms with van der Waals surface area (Å²) < 4.78 is 0. The van der Waals surface area contributed by atoms with Crippen LogP contribution in [0.15, 0.2) is 18.2 Å². The molecular formula is C15H18N4OS. The van der Waals surface area contributed by atoms with Gasteiger partial charge in [-0.05, 0) is 37.5 Å². The minimum atomic E-state index is 0.105. The molecule has 0 fully saturated rings. The van der Waals surface area contributed by atoms with E-state index in [9.17, 15) is 4.79 Å². The Labute approximate surface area is 127 Å². The highest BCUT2D eigenvalue weighted by molar-refractivity contribution is 7.11. The molecule has 1 aliphatic heterocycles. The predicted molar refractivity (Wildman–Crippen MR) is 83.3 cm³/mol. The van der Waals surface area contributed by atoms with Crippen LogP contribution in [0.3, 0.4) is 0 Å². The van der Waals surface area contributed by atoms with E-state index in [0.717, 1.165) is 28.7 Å². The van der Waals surface area contributed by atoms with Crippen molar-refractivity contribution >= 4 is 22.9 Å². The molecule has 1 atom stereocenters. The second-order valence-corrected chi connectivity index (χ2v) is 6.55. The van der Waals surface area contributed by atoms with Gasteiger partial charge in [0.05, 0.1) is 6.54 Å². The number of aromatic nitrogens is 2. The van der Waals surface area contributed by atoms with E-state index in [-0.39, 0.29) is 11.9 Å². The van der Waals surface area contributed by atoms with Crippen LogP contribution in [0.1, 0.15) is 40.5 Å². The summed E-state index contributed by atoms with van der Waals surface area (Å²) >= 11 is 1.62. The van der Waals surface area contributed by atoms with E-state index >= 15 is 0 Å². The molecule has 0 bridgehead atoms. The molecule has 110 valence electrons. The van der Waals surface area contributed by atoms with Crippen LogP contribution in [-0.4, -0.2) is 16.1 Å². The van der Waals surface area contributed by atoms with Crippen molar-refractivity contribution in [3.05, 3.63) is 39.3 Å². The zero-order valence-electron chi connectivity index (χ0n) is 12.1. The topological polar surface area (TPSA) is 66.9 Å². The molecule has 0 spiro atoms. The second-order valence-electron chi connectivity index (χ2n) is 5.28. The number of aryl methyl sites for hydroxylation is 2. The van der Waals surface area contributed by atoms with Crippen molar-refractivity contribution in [3.8, 4) is 0 Å². The van der Waals surface area contributed by atoms with E-state index in [2.05, 4.69) is 39.9 Å². The van der Waals surface area contributed by atoms with Gasteiger partial charge in [0.25, 0.3) is 0 Å². The fourth-order valence-corrected chi connectivity index (χ4v) is 3.10. The van der Waals surface area contributed by atoms with Gasteiger partial charge in [-0.25, -0.2) is 0 Å². The maximum Gasteiger partial charge on any atom is 0.224 e. The molecule has 0 saturated heterocycles. The van der Waals surface area contributed by atoms with Crippen LogP contribution in [0.2, 0.25) is 0 Å². The van der Waals surface area contributed by atoms with E-state index < -0.39 is 0 Å². The summed E-state index contributed by atoms with van der Waals surface area (Å²) in [5.41, 5.74) is 3.39.